The van der Waals surface area contributed by atoms with Gasteiger partial charge in [-0.25, -0.2) is 8.42 Å². The molecule has 1 rings (SSSR count). The van der Waals surface area contributed by atoms with Gasteiger partial charge in [0.25, 0.3) is 0 Å². The monoisotopic (exact) mass is 318 g/mol. The second-order valence-electron chi connectivity index (χ2n) is 6.04. The van der Waals surface area contributed by atoms with Crippen molar-refractivity contribution in [2.45, 2.75) is 39.5 Å². The van der Waals surface area contributed by atoms with Gasteiger partial charge < -0.3 is 4.90 Å². The van der Waals surface area contributed by atoms with Crippen molar-refractivity contribution in [1.29, 1.82) is 0 Å². The SMILES string of the molecule is CCCCC(CC)C(=O)N1CCN(CCS(C)(=O)=O)CC1. The smallest absolute Gasteiger partial charge is 0.225 e. The Morgan fingerprint density at radius 2 is 1.76 bits per heavy atom. The average Bonchev–Trinajstić information content (AvgIpc) is 2.45. The molecule has 1 aliphatic heterocycles. The molecule has 6 heteroatoms. The van der Waals surface area contributed by atoms with Crippen molar-refractivity contribution in [3.8, 4) is 0 Å². The standard InChI is InChI=1S/C15H30N2O3S/c1-4-6-7-14(5-2)15(18)17-10-8-16(9-11-17)12-13-21(3,19)20/h14H,4-13H2,1-3H3. The second kappa shape index (κ2) is 8.73. The zero-order valence-corrected chi connectivity index (χ0v) is 14.5. The average molecular weight is 318 g/mol. The Morgan fingerprint density at radius 1 is 1.14 bits per heavy atom. The largest absolute Gasteiger partial charge is 0.340 e. The fourth-order valence-corrected chi connectivity index (χ4v) is 3.29. The van der Waals surface area contributed by atoms with E-state index >= 15 is 0 Å². The first-order valence-corrected chi connectivity index (χ1v) is 10.1. The molecule has 1 saturated heterocycles. The quantitative estimate of drug-likeness (QED) is 0.679. The van der Waals surface area contributed by atoms with Crippen molar-refractivity contribution in [2.24, 2.45) is 5.92 Å². The molecule has 0 aliphatic carbocycles. The third kappa shape index (κ3) is 6.78. The predicted molar refractivity (Wildman–Crippen MR) is 86.0 cm³/mol. The summed E-state index contributed by atoms with van der Waals surface area (Å²) in [6.07, 6.45) is 5.40. The molecular weight excluding hydrogens is 288 g/mol. The number of carbonyl (C=O) groups excluding carboxylic acids is 1. The van der Waals surface area contributed by atoms with Crippen molar-refractivity contribution in [2.75, 3.05) is 44.7 Å². The minimum atomic E-state index is -2.90. The van der Waals surface area contributed by atoms with E-state index in [1.807, 2.05) is 4.90 Å². The number of nitrogens with zero attached hydrogens (tertiary/aromatic N) is 2. The summed E-state index contributed by atoms with van der Waals surface area (Å²) in [6, 6.07) is 0. The Bertz CT molecular complexity index is 415. The van der Waals surface area contributed by atoms with Crippen molar-refractivity contribution in [1.82, 2.24) is 9.80 Å². The third-order valence-electron chi connectivity index (χ3n) is 4.21. The van der Waals surface area contributed by atoms with Crippen molar-refractivity contribution >= 4 is 15.7 Å². The Kier molecular flexibility index (Phi) is 7.66. The highest BCUT2D eigenvalue weighted by molar-refractivity contribution is 7.90. The summed E-state index contributed by atoms with van der Waals surface area (Å²) < 4.78 is 22.4. The molecule has 0 saturated carbocycles. The molecule has 0 radical (unpaired) electrons. The fourth-order valence-electron chi connectivity index (χ4n) is 2.70. The van der Waals surface area contributed by atoms with Gasteiger partial charge in [-0.3, -0.25) is 9.69 Å². The van der Waals surface area contributed by atoms with Crippen LogP contribution in [0.1, 0.15) is 39.5 Å². The van der Waals surface area contributed by atoms with Crippen molar-refractivity contribution < 1.29 is 13.2 Å². The van der Waals surface area contributed by atoms with Crippen LogP contribution in [-0.4, -0.2) is 68.9 Å². The summed E-state index contributed by atoms with van der Waals surface area (Å²) in [7, 11) is -2.90. The van der Waals surface area contributed by atoms with Gasteiger partial charge in [0, 0.05) is 44.9 Å². The van der Waals surface area contributed by atoms with Gasteiger partial charge in [0.15, 0.2) is 0 Å². The minimum absolute atomic E-state index is 0.160. The van der Waals surface area contributed by atoms with E-state index in [9.17, 15) is 13.2 Å². The van der Waals surface area contributed by atoms with Crippen LogP contribution in [-0.2, 0) is 14.6 Å². The van der Waals surface area contributed by atoms with Gasteiger partial charge in [0.05, 0.1) is 5.75 Å². The number of hydrogen-bond acceptors (Lipinski definition) is 4. The van der Waals surface area contributed by atoms with Crippen LogP contribution in [0.5, 0.6) is 0 Å². The van der Waals surface area contributed by atoms with Crippen molar-refractivity contribution in [3.05, 3.63) is 0 Å². The van der Waals surface area contributed by atoms with Gasteiger partial charge in [0.1, 0.15) is 9.84 Å². The number of carbonyl (C=O) groups is 1. The summed E-state index contributed by atoms with van der Waals surface area (Å²) in [5.74, 6) is 0.649. The summed E-state index contributed by atoms with van der Waals surface area (Å²) in [4.78, 5) is 16.6. The summed E-state index contributed by atoms with van der Waals surface area (Å²) >= 11 is 0. The zero-order valence-electron chi connectivity index (χ0n) is 13.7. The lowest BCUT2D eigenvalue weighted by molar-refractivity contribution is -0.137. The molecule has 1 atom stereocenters. The molecule has 0 N–H and O–H groups in total. The third-order valence-corrected chi connectivity index (χ3v) is 5.13. The minimum Gasteiger partial charge on any atom is -0.340 e. The number of piperazine rings is 1. The molecule has 0 aromatic carbocycles. The molecule has 0 bridgehead atoms. The normalized spacial score (nSPS) is 18.7. The molecule has 1 aliphatic rings. The lowest BCUT2D eigenvalue weighted by atomic mass is 9.97. The molecule has 1 fully saturated rings. The number of amides is 1. The van der Waals surface area contributed by atoms with Crippen LogP contribution in [0.2, 0.25) is 0 Å². The summed E-state index contributed by atoms with van der Waals surface area (Å²) in [5, 5.41) is 0. The van der Waals surface area contributed by atoms with Crippen molar-refractivity contribution in [3.63, 3.8) is 0 Å². The first-order valence-electron chi connectivity index (χ1n) is 8.06. The fraction of sp³-hybridized carbons (Fsp3) is 0.933. The van der Waals surface area contributed by atoms with Gasteiger partial charge in [-0.15, -0.1) is 0 Å². The molecule has 0 aromatic heterocycles. The zero-order chi connectivity index (χ0) is 15.9. The van der Waals surface area contributed by atoms with E-state index in [-0.39, 0.29) is 17.6 Å². The first kappa shape index (κ1) is 18.4. The maximum absolute atomic E-state index is 12.5. The molecule has 0 aromatic rings. The van der Waals surface area contributed by atoms with Gasteiger partial charge >= 0.3 is 0 Å². The van der Waals surface area contributed by atoms with E-state index < -0.39 is 9.84 Å². The van der Waals surface area contributed by atoms with Crippen LogP contribution in [0, 0.1) is 5.92 Å². The number of unbranched alkanes of at least 4 members (excludes halogenated alkanes) is 1. The Morgan fingerprint density at radius 3 is 2.24 bits per heavy atom. The summed E-state index contributed by atoms with van der Waals surface area (Å²) in [5.41, 5.74) is 0. The Labute approximate surface area is 129 Å². The molecule has 1 amide bonds. The maximum Gasteiger partial charge on any atom is 0.225 e. The molecular formula is C15H30N2O3S. The lowest BCUT2D eigenvalue weighted by Crippen LogP contribution is -2.51. The molecule has 21 heavy (non-hydrogen) atoms. The van der Waals surface area contributed by atoms with Gasteiger partial charge in [-0.1, -0.05) is 26.7 Å². The second-order valence-corrected chi connectivity index (χ2v) is 8.30. The van der Waals surface area contributed by atoms with Gasteiger partial charge in [-0.05, 0) is 12.8 Å². The highest BCUT2D eigenvalue weighted by Gasteiger charge is 2.26. The molecule has 0 spiro atoms. The van der Waals surface area contributed by atoms with Crippen LogP contribution in [0.15, 0.2) is 0 Å². The van der Waals surface area contributed by atoms with Gasteiger partial charge in [-0.2, -0.15) is 0 Å². The Balaban J connectivity index is 2.39. The van der Waals surface area contributed by atoms with E-state index in [0.29, 0.717) is 6.54 Å². The van der Waals surface area contributed by atoms with E-state index in [2.05, 4.69) is 18.7 Å². The van der Waals surface area contributed by atoms with Crippen LogP contribution < -0.4 is 0 Å². The van der Waals surface area contributed by atoms with Crippen LogP contribution in [0.3, 0.4) is 0 Å². The summed E-state index contributed by atoms with van der Waals surface area (Å²) in [6.45, 7) is 7.83. The van der Waals surface area contributed by atoms with E-state index in [0.717, 1.165) is 51.9 Å². The number of rotatable bonds is 8. The molecule has 5 nitrogen and oxygen atoms in total. The van der Waals surface area contributed by atoms with E-state index in [1.165, 1.54) is 6.26 Å². The molecule has 1 unspecified atom stereocenters. The maximum atomic E-state index is 12.5. The number of sulfone groups is 1. The van der Waals surface area contributed by atoms with Crippen LogP contribution in [0.4, 0.5) is 0 Å². The van der Waals surface area contributed by atoms with E-state index in [4.69, 9.17) is 0 Å². The van der Waals surface area contributed by atoms with Crippen LogP contribution >= 0.6 is 0 Å². The van der Waals surface area contributed by atoms with Gasteiger partial charge in [0.2, 0.25) is 5.91 Å². The predicted octanol–water partition coefficient (Wildman–Crippen LogP) is 1.39. The lowest BCUT2D eigenvalue weighted by Gasteiger charge is -2.36. The Hall–Kier alpha value is -0.620. The highest BCUT2D eigenvalue weighted by Crippen LogP contribution is 2.17. The molecule has 124 valence electrons. The van der Waals surface area contributed by atoms with Crippen LogP contribution in [0.25, 0.3) is 0 Å². The first-order chi connectivity index (χ1) is 9.87. The molecule has 1 heterocycles. The van der Waals surface area contributed by atoms with E-state index in [1.54, 1.807) is 0 Å². The highest BCUT2D eigenvalue weighted by atomic mass is 32.2. The number of hydrogen-bond donors (Lipinski definition) is 0. The topological polar surface area (TPSA) is 57.7 Å².